The zero-order chi connectivity index (χ0) is 18.1. The molecule has 1 aliphatic heterocycles. The molecule has 25 heavy (non-hydrogen) atoms. The van der Waals surface area contributed by atoms with Crippen LogP contribution in [-0.4, -0.2) is 39.5 Å². The molecule has 0 bridgehead atoms. The molecule has 1 heterocycles. The molecule has 1 fully saturated rings. The zero-order valence-electron chi connectivity index (χ0n) is 13.3. The maximum atomic E-state index is 12.7. The monoisotopic (exact) mass is 379 g/mol. The first-order valence-corrected chi connectivity index (χ1v) is 11.1. The lowest BCUT2D eigenvalue weighted by atomic mass is 10.2. The minimum absolute atomic E-state index is 0.0321. The Labute approximate surface area is 146 Å². The van der Waals surface area contributed by atoms with Crippen LogP contribution in [0.5, 0.6) is 0 Å². The Kier molecular flexibility index (Phi) is 4.66. The van der Waals surface area contributed by atoms with Crippen molar-refractivity contribution < 1.29 is 21.6 Å². The summed E-state index contributed by atoms with van der Waals surface area (Å²) in [5, 5.41) is 1.74. The lowest BCUT2D eigenvalue weighted by Crippen LogP contribution is -2.23. The van der Waals surface area contributed by atoms with Crippen LogP contribution in [0.4, 0.5) is 5.69 Å². The summed E-state index contributed by atoms with van der Waals surface area (Å²) in [6.07, 6.45) is 0.0884. The van der Waals surface area contributed by atoms with Crippen LogP contribution >= 0.6 is 0 Å². The average molecular weight is 379 g/mol. The average Bonchev–Trinajstić information content (AvgIpc) is 2.96. The fourth-order valence-electron chi connectivity index (χ4n) is 2.74. The van der Waals surface area contributed by atoms with Crippen LogP contribution in [0.15, 0.2) is 59.5 Å². The fraction of sp³-hybridized carbons (Fsp3) is 0.235. The quantitative estimate of drug-likeness (QED) is 0.875. The molecule has 0 unspecified atom stereocenters. The Hall–Kier alpha value is -2.19. The molecular formula is C17H17NO5S2. The van der Waals surface area contributed by atoms with Gasteiger partial charge < -0.3 is 5.32 Å². The SMILES string of the molecule is O=C(Nc1ccccc1)c1cccc(S(=O)(=O)[C@@H]2CCS(=O)(=O)C2)c1. The first kappa shape index (κ1) is 17.6. The molecule has 2 aromatic rings. The Balaban J connectivity index is 1.85. The molecule has 0 aliphatic carbocycles. The van der Waals surface area contributed by atoms with Crippen molar-refractivity contribution in [3.05, 3.63) is 60.2 Å². The van der Waals surface area contributed by atoms with Gasteiger partial charge in [0.15, 0.2) is 19.7 Å². The Morgan fingerprint density at radius 1 is 1.04 bits per heavy atom. The van der Waals surface area contributed by atoms with Gasteiger partial charge in [0.2, 0.25) is 0 Å². The molecule has 132 valence electrons. The summed E-state index contributed by atoms with van der Waals surface area (Å²) < 4.78 is 48.5. The molecule has 1 N–H and O–H groups in total. The van der Waals surface area contributed by atoms with Crippen LogP contribution in [-0.2, 0) is 19.7 Å². The van der Waals surface area contributed by atoms with E-state index in [4.69, 9.17) is 0 Å². The topological polar surface area (TPSA) is 97.4 Å². The molecule has 0 radical (unpaired) electrons. The summed E-state index contributed by atoms with van der Waals surface area (Å²) in [6, 6.07) is 14.5. The Morgan fingerprint density at radius 3 is 2.40 bits per heavy atom. The molecule has 1 atom stereocenters. The summed E-state index contributed by atoms with van der Waals surface area (Å²) in [6.45, 7) is 0. The third-order valence-electron chi connectivity index (χ3n) is 4.09. The molecular weight excluding hydrogens is 362 g/mol. The van der Waals surface area contributed by atoms with Crippen molar-refractivity contribution in [3.63, 3.8) is 0 Å². The number of anilines is 1. The summed E-state index contributed by atoms with van der Waals surface area (Å²) in [4.78, 5) is 12.3. The van der Waals surface area contributed by atoms with E-state index < -0.39 is 30.8 Å². The van der Waals surface area contributed by atoms with Gasteiger partial charge in [0.25, 0.3) is 5.91 Å². The molecule has 0 spiro atoms. The second kappa shape index (κ2) is 6.61. The summed E-state index contributed by atoms with van der Waals surface area (Å²) in [5.74, 6) is -0.914. The van der Waals surface area contributed by atoms with Crippen molar-refractivity contribution in [2.24, 2.45) is 0 Å². The number of benzene rings is 2. The van der Waals surface area contributed by atoms with Gasteiger partial charge in [0.05, 0.1) is 21.7 Å². The van der Waals surface area contributed by atoms with E-state index in [-0.39, 0.29) is 28.4 Å². The smallest absolute Gasteiger partial charge is 0.255 e. The van der Waals surface area contributed by atoms with Crippen molar-refractivity contribution in [1.82, 2.24) is 0 Å². The van der Waals surface area contributed by atoms with E-state index in [1.807, 2.05) is 6.07 Å². The molecule has 1 amide bonds. The van der Waals surface area contributed by atoms with E-state index in [0.717, 1.165) is 0 Å². The van der Waals surface area contributed by atoms with Crippen LogP contribution in [0, 0.1) is 0 Å². The highest BCUT2D eigenvalue weighted by atomic mass is 32.2. The first-order valence-electron chi connectivity index (χ1n) is 7.69. The van der Waals surface area contributed by atoms with Gasteiger partial charge in [-0.2, -0.15) is 0 Å². The highest BCUT2D eigenvalue weighted by Crippen LogP contribution is 2.26. The van der Waals surface area contributed by atoms with Gasteiger partial charge in [0, 0.05) is 11.3 Å². The Morgan fingerprint density at radius 2 is 1.76 bits per heavy atom. The second-order valence-electron chi connectivity index (χ2n) is 5.92. The third-order valence-corrected chi connectivity index (χ3v) is 8.26. The highest BCUT2D eigenvalue weighted by Gasteiger charge is 2.38. The van der Waals surface area contributed by atoms with Crippen molar-refractivity contribution >= 4 is 31.3 Å². The number of hydrogen-bond donors (Lipinski definition) is 1. The molecule has 1 aliphatic rings. The van der Waals surface area contributed by atoms with Gasteiger partial charge in [-0.1, -0.05) is 24.3 Å². The van der Waals surface area contributed by atoms with E-state index in [1.165, 1.54) is 24.3 Å². The number of carbonyl (C=O) groups excluding carboxylic acids is 1. The highest BCUT2D eigenvalue weighted by molar-refractivity contribution is 7.96. The van der Waals surface area contributed by atoms with E-state index in [0.29, 0.717) is 5.69 Å². The largest absolute Gasteiger partial charge is 0.322 e. The second-order valence-corrected chi connectivity index (χ2v) is 10.4. The van der Waals surface area contributed by atoms with Crippen LogP contribution < -0.4 is 5.32 Å². The molecule has 8 heteroatoms. The van der Waals surface area contributed by atoms with Gasteiger partial charge in [0.1, 0.15) is 0 Å². The van der Waals surface area contributed by atoms with E-state index >= 15 is 0 Å². The van der Waals surface area contributed by atoms with Crippen molar-refractivity contribution in [2.45, 2.75) is 16.6 Å². The number of hydrogen-bond acceptors (Lipinski definition) is 5. The number of sulfone groups is 2. The summed E-state index contributed by atoms with van der Waals surface area (Å²) in [5.41, 5.74) is 0.799. The van der Waals surface area contributed by atoms with Gasteiger partial charge in [-0.15, -0.1) is 0 Å². The van der Waals surface area contributed by atoms with Gasteiger partial charge in [-0.3, -0.25) is 4.79 Å². The molecule has 0 saturated carbocycles. The minimum atomic E-state index is -3.80. The molecule has 6 nitrogen and oxygen atoms in total. The maximum absolute atomic E-state index is 12.7. The van der Waals surface area contributed by atoms with Crippen LogP contribution in [0.25, 0.3) is 0 Å². The fourth-order valence-corrected chi connectivity index (χ4v) is 7.14. The number of para-hydroxylation sites is 1. The van der Waals surface area contributed by atoms with E-state index in [9.17, 15) is 21.6 Å². The lowest BCUT2D eigenvalue weighted by molar-refractivity contribution is 0.102. The van der Waals surface area contributed by atoms with Crippen molar-refractivity contribution in [2.75, 3.05) is 16.8 Å². The maximum Gasteiger partial charge on any atom is 0.255 e. The number of rotatable bonds is 4. The number of amides is 1. The number of nitrogens with one attached hydrogen (secondary N) is 1. The van der Waals surface area contributed by atoms with Crippen LogP contribution in [0.2, 0.25) is 0 Å². The summed E-state index contributed by atoms with van der Waals surface area (Å²) >= 11 is 0. The molecule has 1 saturated heterocycles. The van der Waals surface area contributed by atoms with Crippen molar-refractivity contribution in [3.8, 4) is 0 Å². The molecule has 3 rings (SSSR count). The van der Waals surface area contributed by atoms with Gasteiger partial charge in [-0.25, -0.2) is 16.8 Å². The normalized spacial score (nSPS) is 19.4. The van der Waals surface area contributed by atoms with Crippen LogP contribution in [0.1, 0.15) is 16.8 Å². The van der Waals surface area contributed by atoms with Crippen LogP contribution in [0.3, 0.4) is 0 Å². The van der Waals surface area contributed by atoms with Crippen molar-refractivity contribution in [1.29, 1.82) is 0 Å². The van der Waals surface area contributed by atoms with E-state index in [2.05, 4.69) is 5.32 Å². The summed E-state index contributed by atoms with van der Waals surface area (Å²) in [7, 11) is -7.11. The predicted octanol–water partition coefficient (Wildman–Crippen LogP) is 1.90. The first-order chi connectivity index (χ1) is 11.8. The van der Waals surface area contributed by atoms with E-state index in [1.54, 1.807) is 24.3 Å². The van der Waals surface area contributed by atoms with Gasteiger partial charge in [-0.05, 0) is 36.8 Å². The predicted molar refractivity (Wildman–Crippen MR) is 95.1 cm³/mol. The third kappa shape index (κ3) is 3.91. The molecule has 0 aromatic heterocycles. The standard InChI is InChI=1S/C17H17NO5S2/c19-17(18-14-6-2-1-3-7-14)13-5-4-8-15(11-13)25(22,23)16-9-10-24(20,21)12-16/h1-8,11,16H,9-10,12H2,(H,18,19)/t16-/m1/s1. The number of carbonyl (C=O) groups is 1. The minimum Gasteiger partial charge on any atom is -0.322 e. The lowest BCUT2D eigenvalue weighted by Gasteiger charge is -2.11. The zero-order valence-corrected chi connectivity index (χ0v) is 14.9. The Bertz CT molecular complexity index is 998. The molecule has 2 aromatic carbocycles. The van der Waals surface area contributed by atoms with Gasteiger partial charge >= 0.3 is 0 Å².